The molecule has 0 saturated carbocycles. The van der Waals surface area contributed by atoms with Gasteiger partial charge in [-0.05, 0) is 37.3 Å². The van der Waals surface area contributed by atoms with E-state index >= 15 is 0 Å². The molecule has 1 aromatic heterocycles. The normalized spacial score (nSPS) is 15.4. The molecule has 2 aromatic carbocycles. The average molecular weight is 417 g/mol. The third-order valence-corrected chi connectivity index (χ3v) is 4.79. The first-order valence-corrected chi connectivity index (χ1v) is 9.00. The molecule has 1 atom stereocenters. The molecule has 0 spiro atoms. The lowest BCUT2D eigenvalue weighted by Gasteiger charge is -2.24. The maximum absolute atomic E-state index is 10.8. The van der Waals surface area contributed by atoms with E-state index in [1.54, 1.807) is 19.1 Å². The molecule has 1 unspecified atom stereocenters. The number of non-ortho nitro benzene ring substituents is 1. The van der Waals surface area contributed by atoms with Crippen LogP contribution in [-0.2, 0) is 0 Å². The van der Waals surface area contributed by atoms with Crippen LogP contribution in [0.4, 0.5) is 17.1 Å². The molecule has 0 amide bonds. The van der Waals surface area contributed by atoms with Crippen molar-refractivity contribution in [2.75, 3.05) is 0 Å². The molecule has 31 heavy (non-hydrogen) atoms. The monoisotopic (exact) mass is 417 g/mol. The number of hydrogen-bond acceptors (Lipinski definition) is 9. The molecule has 0 bridgehead atoms. The highest BCUT2D eigenvalue weighted by atomic mass is 16.6. The molecular formula is C20H15N7O4. The molecule has 3 aromatic rings. The number of aromatic hydroxyl groups is 1. The van der Waals surface area contributed by atoms with Gasteiger partial charge in [0.25, 0.3) is 5.69 Å². The number of nitrogens with one attached hydrogen (secondary N) is 1. The highest BCUT2D eigenvalue weighted by molar-refractivity contribution is 5.60. The van der Waals surface area contributed by atoms with Gasteiger partial charge in [0.2, 0.25) is 11.8 Å². The quantitative estimate of drug-likeness (QED) is 0.327. The third kappa shape index (κ3) is 3.53. The van der Waals surface area contributed by atoms with Crippen LogP contribution in [0.2, 0.25) is 0 Å². The SMILES string of the molecule is Cc1[nH]nc2c1C(c1cc(N=Nc3ccc([N+](=O)[O-])cc3)ccc1O)C(C#N)=C(N)O2. The summed E-state index contributed by atoms with van der Waals surface area (Å²) in [5.41, 5.74) is 8.44. The summed E-state index contributed by atoms with van der Waals surface area (Å²) in [4.78, 5) is 10.3. The Labute approximate surface area is 175 Å². The highest BCUT2D eigenvalue weighted by Gasteiger charge is 2.35. The Bertz CT molecular complexity index is 1290. The van der Waals surface area contributed by atoms with Gasteiger partial charge in [-0.25, -0.2) is 0 Å². The Morgan fingerprint density at radius 3 is 2.61 bits per heavy atom. The number of nitro groups is 1. The number of allylic oxidation sites excluding steroid dienone is 1. The molecule has 0 aliphatic carbocycles. The van der Waals surface area contributed by atoms with E-state index in [1.807, 2.05) is 6.07 Å². The second-order valence-corrected chi connectivity index (χ2v) is 6.71. The third-order valence-electron chi connectivity index (χ3n) is 4.79. The number of aryl methyl sites for hydroxylation is 1. The lowest BCUT2D eigenvalue weighted by atomic mass is 9.83. The number of nitro benzene ring substituents is 1. The number of phenolic OH excluding ortho intramolecular Hbond substituents is 1. The summed E-state index contributed by atoms with van der Waals surface area (Å²) in [6, 6.07) is 12.2. The molecule has 0 saturated heterocycles. The minimum atomic E-state index is -0.706. The first kappa shape index (κ1) is 19.6. The van der Waals surface area contributed by atoms with Crippen LogP contribution < -0.4 is 10.5 Å². The van der Waals surface area contributed by atoms with Gasteiger partial charge in [-0.2, -0.15) is 15.5 Å². The minimum Gasteiger partial charge on any atom is -0.508 e. The number of azo groups is 1. The summed E-state index contributed by atoms with van der Waals surface area (Å²) >= 11 is 0. The predicted octanol–water partition coefficient (Wildman–Crippen LogP) is 3.97. The van der Waals surface area contributed by atoms with Crippen molar-refractivity contribution < 1.29 is 14.8 Å². The van der Waals surface area contributed by atoms with Crippen LogP contribution in [0, 0.1) is 28.4 Å². The number of aromatic nitrogens is 2. The van der Waals surface area contributed by atoms with Crippen molar-refractivity contribution in [1.29, 1.82) is 5.26 Å². The van der Waals surface area contributed by atoms with Gasteiger partial charge in [-0.15, -0.1) is 5.10 Å². The topological polar surface area (TPSA) is 176 Å². The summed E-state index contributed by atoms with van der Waals surface area (Å²) < 4.78 is 5.43. The van der Waals surface area contributed by atoms with E-state index < -0.39 is 10.8 Å². The van der Waals surface area contributed by atoms with Crippen molar-refractivity contribution >= 4 is 17.1 Å². The van der Waals surface area contributed by atoms with Gasteiger partial charge in [0, 0.05) is 29.0 Å². The molecule has 4 N–H and O–H groups in total. The van der Waals surface area contributed by atoms with E-state index in [4.69, 9.17) is 10.5 Å². The first-order chi connectivity index (χ1) is 14.9. The molecule has 11 nitrogen and oxygen atoms in total. The van der Waals surface area contributed by atoms with E-state index in [2.05, 4.69) is 20.4 Å². The molecule has 2 heterocycles. The zero-order valence-corrected chi connectivity index (χ0v) is 16.1. The van der Waals surface area contributed by atoms with Crippen molar-refractivity contribution in [3.63, 3.8) is 0 Å². The van der Waals surface area contributed by atoms with Crippen molar-refractivity contribution in [3.05, 3.63) is 80.9 Å². The van der Waals surface area contributed by atoms with E-state index in [1.165, 1.54) is 30.3 Å². The molecular weight excluding hydrogens is 402 g/mol. The predicted molar refractivity (Wildman–Crippen MR) is 108 cm³/mol. The fraction of sp³-hybridized carbons (Fsp3) is 0.100. The van der Waals surface area contributed by atoms with Crippen LogP contribution >= 0.6 is 0 Å². The van der Waals surface area contributed by atoms with Crippen molar-refractivity contribution in [2.45, 2.75) is 12.8 Å². The number of hydrogen-bond donors (Lipinski definition) is 3. The maximum atomic E-state index is 10.8. The zero-order chi connectivity index (χ0) is 22.1. The summed E-state index contributed by atoms with van der Waals surface area (Å²) in [7, 11) is 0. The van der Waals surface area contributed by atoms with Crippen LogP contribution in [0.1, 0.15) is 22.7 Å². The lowest BCUT2D eigenvalue weighted by Crippen LogP contribution is -2.21. The molecule has 4 rings (SSSR count). The van der Waals surface area contributed by atoms with Gasteiger partial charge in [0.05, 0.1) is 22.2 Å². The summed E-state index contributed by atoms with van der Waals surface area (Å²) in [6.45, 7) is 1.77. The highest BCUT2D eigenvalue weighted by Crippen LogP contribution is 2.46. The molecule has 0 fully saturated rings. The van der Waals surface area contributed by atoms with Gasteiger partial charge < -0.3 is 15.6 Å². The Morgan fingerprint density at radius 2 is 1.94 bits per heavy atom. The smallest absolute Gasteiger partial charge is 0.269 e. The number of fused-ring (bicyclic) bond motifs is 1. The molecule has 0 radical (unpaired) electrons. The number of aromatic amines is 1. The van der Waals surface area contributed by atoms with Gasteiger partial charge in [0.15, 0.2) is 0 Å². The van der Waals surface area contributed by atoms with Gasteiger partial charge in [-0.1, -0.05) is 0 Å². The fourth-order valence-electron chi connectivity index (χ4n) is 3.30. The summed E-state index contributed by atoms with van der Waals surface area (Å²) in [6.07, 6.45) is 0. The second-order valence-electron chi connectivity index (χ2n) is 6.71. The molecule has 154 valence electrons. The van der Waals surface area contributed by atoms with Crippen LogP contribution in [0.3, 0.4) is 0 Å². The Hall–Kier alpha value is -4.72. The average Bonchev–Trinajstić information content (AvgIpc) is 3.12. The number of ether oxygens (including phenoxy) is 1. The number of nitriles is 1. The number of nitrogens with zero attached hydrogens (tertiary/aromatic N) is 5. The van der Waals surface area contributed by atoms with Crippen molar-refractivity contribution in [1.82, 2.24) is 10.2 Å². The van der Waals surface area contributed by atoms with Crippen molar-refractivity contribution in [2.24, 2.45) is 16.0 Å². The summed E-state index contributed by atoms with van der Waals surface area (Å²) in [5, 5.41) is 46.0. The number of benzene rings is 2. The largest absolute Gasteiger partial charge is 0.508 e. The van der Waals surface area contributed by atoms with Crippen molar-refractivity contribution in [3.8, 4) is 17.7 Å². The minimum absolute atomic E-state index is 0.0508. The number of rotatable bonds is 4. The first-order valence-electron chi connectivity index (χ1n) is 9.00. The van der Waals surface area contributed by atoms with E-state index in [0.29, 0.717) is 28.2 Å². The maximum Gasteiger partial charge on any atom is 0.269 e. The fourth-order valence-corrected chi connectivity index (χ4v) is 3.30. The Kier molecular flexibility index (Phi) is 4.80. The summed E-state index contributed by atoms with van der Waals surface area (Å²) in [5.74, 6) is -0.629. The van der Waals surface area contributed by atoms with Gasteiger partial charge in [-0.3, -0.25) is 15.2 Å². The van der Waals surface area contributed by atoms with Gasteiger partial charge >= 0.3 is 0 Å². The number of nitrogens with two attached hydrogens (primary N) is 1. The zero-order valence-electron chi connectivity index (χ0n) is 16.1. The Balaban J connectivity index is 1.74. The molecule has 1 aliphatic rings. The second kappa shape index (κ2) is 7.60. The molecule has 1 aliphatic heterocycles. The van der Waals surface area contributed by atoms with E-state index in [9.17, 15) is 20.5 Å². The van der Waals surface area contributed by atoms with E-state index in [-0.39, 0.29) is 28.8 Å². The van der Waals surface area contributed by atoms with Crippen LogP contribution in [-0.4, -0.2) is 20.2 Å². The van der Waals surface area contributed by atoms with Crippen LogP contribution in [0.25, 0.3) is 0 Å². The standard InChI is InChI=1S/C20H15N7O4/c1-10-17-18(15(9-21)19(22)31-20(17)26-23-10)14-8-12(4-7-16(14)28)25-24-11-2-5-13(6-3-11)27(29)30/h2-8,18,28H,22H2,1H3,(H,23,26). The van der Waals surface area contributed by atoms with Crippen LogP contribution in [0.5, 0.6) is 11.6 Å². The number of phenols is 1. The van der Waals surface area contributed by atoms with E-state index in [0.717, 1.165) is 0 Å². The molecule has 11 heteroatoms. The Morgan fingerprint density at radius 1 is 1.26 bits per heavy atom. The van der Waals surface area contributed by atoms with Crippen LogP contribution in [0.15, 0.2) is 64.1 Å². The lowest BCUT2D eigenvalue weighted by molar-refractivity contribution is -0.384. The van der Waals surface area contributed by atoms with Gasteiger partial charge in [0.1, 0.15) is 17.4 Å². The number of H-pyrrole nitrogens is 1.